The number of rotatable bonds is 6. The van der Waals surface area contributed by atoms with Gasteiger partial charge in [-0.2, -0.15) is 0 Å². The third kappa shape index (κ3) is 5.65. The fraction of sp³-hybridized carbons (Fsp3) is 0.278. The maximum absolute atomic E-state index is 11.6. The number of carbonyl (C=O) groups is 1. The summed E-state index contributed by atoms with van der Waals surface area (Å²) in [5, 5.41) is 3.48. The van der Waals surface area contributed by atoms with Crippen LogP contribution in [0.5, 0.6) is 0 Å². The quantitative estimate of drug-likeness (QED) is 0.703. The molecule has 0 fully saturated rings. The Morgan fingerprint density at radius 1 is 1.17 bits per heavy atom. The third-order valence-electron chi connectivity index (χ3n) is 3.48. The fourth-order valence-corrected chi connectivity index (χ4v) is 2.57. The molecule has 0 unspecified atom stereocenters. The zero-order valence-electron chi connectivity index (χ0n) is 13.2. The molecule has 0 saturated carbocycles. The number of halogens is 2. The molecule has 2 aromatic carbocycles. The zero-order chi connectivity index (χ0) is 15.9. The van der Waals surface area contributed by atoms with E-state index in [-0.39, 0.29) is 24.4 Å². The summed E-state index contributed by atoms with van der Waals surface area (Å²) in [5.41, 5.74) is 2.95. The summed E-state index contributed by atoms with van der Waals surface area (Å²) in [5.74, 6) is -0.275. The second-order valence-electron chi connectivity index (χ2n) is 5.04. The molecule has 0 aromatic heterocycles. The van der Waals surface area contributed by atoms with Crippen LogP contribution in [0.1, 0.15) is 41.4 Å². The number of hydrogen-bond acceptors (Lipinski definition) is 3. The Balaban J connectivity index is 0.00000264. The lowest BCUT2D eigenvalue weighted by molar-refractivity contribution is 0.0526. The molecule has 0 bridgehead atoms. The van der Waals surface area contributed by atoms with Crippen LogP contribution >= 0.6 is 28.3 Å². The highest BCUT2D eigenvalue weighted by Gasteiger charge is 2.09. The van der Waals surface area contributed by atoms with Gasteiger partial charge in [0.05, 0.1) is 12.2 Å². The van der Waals surface area contributed by atoms with Gasteiger partial charge < -0.3 is 10.1 Å². The summed E-state index contributed by atoms with van der Waals surface area (Å²) in [6, 6.07) is 15.9. The van der Waals surface area contributed by atoms with Gasteiger partial charge in [-0.3, -0.25) is 0 Å². The summed E-state index contributed by atoms with van der Waals surface area (Å²) < 4.78 is 6.09. The van der Waals surface area contributed by atoms with Gasteiger partial charge in [-0.25, -0.2) is 4.79 Å². The zero-order valence-corrected chi connectivity index (χ0v) is 15.6. The molecule has 0 heterocycles. The van der Waals surface area contributed by atoms with Crippen LogP contribution in [0.4, 0.5) is 0 Å². The van der Waals surface area contributed by atoms with Gasteiger partial charge in [-0.1, -0.05) is 46.3 Å². The van der Waals surface area contributed by atoms with Crippen LogP contribution in [-0.4, -0.2) is 12.6 Å². The van der Waals surface area contributed by atoms with E-state index in [1.54, 1.807) is 6.92 Å². The largest absolute Gasteiger partial charge is 0.462 e. The Morgan fingerprint density at radius 3 is 2.43 bits per heavy atom. The molecule has 1 atom stereocenters. The number of ether oxygens (including phenoxy) is 1. The van der Waals surface area contributed by atoms with Crippen molar-refractivity contribution in [2.75, 3.05) is 6.61 Å². The van der Waals surface area contributed by atoms with E-state index < -0.39 is 0 Å². The molecular weight excluding hydrogens is 378 g/mol. The van der Waals surface area contributed by atoms with E-state index in [1.165, 1.54) is 5.56 Å². The summed E-state index contributed by atoms with van der Waals surface area (Å²) in [7, 11) is 0. The minimum absolute atomic E-state index is 0. The number of carbonyl (C=O) groups excluding carboxylic acids is 1. The molecule has 0 amide bonds. The van der Waals surface area contributed by atoms with Crippen molar-refractivity contribution in [3.8, 4) is 0 Å². The van der Waals surface area contributed by atoms with Crippen LogP contribution in [0.3, 0.4) is 0 Å². The maximum Gasteiger partial charge on any atom is 0.338 e. The molecule has 3 nitrogen and oxygen atoms in total. The highest BCUT2D eigenvalue weighted by Crippen LogP contribution is 2.18. The number of esters is 1. The van der Waals surface area contributed by atoms with E-state index in [4.69, 9.17) is 4.74 Å². The van der Waals surface area contributed by atoms with Gasteiger partial charge in [0, 0.05) is 17.1 Å². The van der Waals surface area contributed by atoms with Gasteiger partial charge in [0.1, 0.15) is 0 Å². The minimum Gasteiger partial charge on any atom is -0.462 e. The first-order valence-corrected chi connectivity index (χ1v) is 8.15. The Kier molecular flexibility index (Phi) is 8.31. The molecule has 0 spiro atoms. The Hall–Kier alpha value is -1.36. The fourth-order valence-electron chi connectivity index (χ4n) is 2.14. The first-order chi connectivity index (χ1) is 10.6. The molecule has 0 aliphatic heterocycles. The summed E-state index contributed by atoms with van der Waals surface area (Å²) >= 11 is 3.55. The molecule has 23 heavy (non-hydrogen) atoms. The van der Waals surface area contributed by atoms with E-state index in [9.17, 15) is 4.79 Å². The molecule has 124 valence electrons. The second-order valence-corrected chi connectivity index (χ2v) is 5.89. The number of hydrogen-bond donors (Lipinski definition) is 1. The molecule has 1 N–H and O–H groups in total. The Bertz CT molecular complexity index is 631. The van der Waals surface area contributed by atoms with Gasteiger partial charge in [0.25, 0.3) is 0 Å². The average Bonchev–Trinajstić information content (AvgIpc) is 2.54. The van der Waals surface area contributed by atoms with Crippen molar-refractivity contribution in [3.05, 3.63) is 69.7 Å². The third-order valence-corrected chi connectivity index (χ3v) is 4.25. The Labute approximate surface area is 152 Å². The highest BCUT2D eigenvalue weighted by atomic mass is 79.9. The number of nitrogens with one attached hydrogen (secondary N) is 1. The van der Waals surface area contributed by atoms with Crippen molar-refractivity contribution in [1.82, 2.24) is 5.32 Å². The van der Waals surface area contributed by atoms with Gasteiger partial charge in [0.2, 0.25) is 0 Å². The summed E-state index contributed by atoms with van der Waals surface area (Å²) in [6.07, 6.45) is 0. The minimum atomic E-state index is -0.275. The van der Waals surface area contributed by atoms with Crippen molar-refractivity contribution >= 4 is 34.3 Å². The second kappa shape index (κ2) is 9.71. The van der Waals surface area contributed by atoms with Crippen LogP contribution in [0, 0.1) is 0 Å². The predicted octanol–water partition coefficient (Wildman–Crippen LogP) is 4.90. The van der Waals surface area contributed by atoms with E-state index in [0.29, 0.717) is 12.2 Å². The van der Waals surface area contributed by atoms with Crippen molar-refractivity contribution in [2.45, 2.75) is 26.4 Å². The van der Waals surface area contributed by atoms with E-state index in [1.807, 2.05) is 42.5 Å². The topological polar surface area (TPSA) is 38.3 Å². The molecule has 2 rings (SSSR count). The normalized spacial score (nSPS) is 11.4. The van der Waals surface area contributed by atoms with Crippen molar-refractivity contribution in [2.24, 2.45) is 0 Å². The average molecular weight is 399 g/mol. The molecule has 0 radical (unpaired) electrons. The van der Waals surface area contributed by atoms with Gasteiger partial charge in [-0.05, 0) is 43.2 Å². The SMILES string of the molecule is CCOC(=O)c1ccc([C@H](C)NCc2ccccc2Br)cc1.Cl. The van der Waals surface area contributed by atoms with E-state index in [0.717, 1.165) is 16.6 Å². The molecule has 5 heteroatoms. The standard InChI is InChI=1S/C18H20BrNO2.ClH/c1-3-22-18(21)15-10-8-14(9-11-15)13(2)20-12-16-6-4-5-7-17(16)19;/h4-11,13,20H,3,12H2,1-2H3;1H/t13-;/m0./s1. The molecule has 2 aromatic rings. The van der Waals surface area contributed by atoms with E-state index in [2.05, 4.69) is 34.2 Å². The monoisotopic (exact) mass is 397 g/mol. The first-order valence-electron chi connectivity index (χ1n) is 7.35. The van der Waals surface area contributed by atoms with Crippen LogP contribution < -0.4 is 5.32 Å². The smallest absolute Gasteiger partial charge is 0.338 e. The lowest BCUT2D eigenvalue weighted by atomic mass is 10.1. The van der Waals surface area contributed by atoms with Crippen molar-refractivity contribution in [3.63, 3.8) is 0 Å². The summed E-state index contributed by atoms with van der Waals surface area (Å²) in [4.78, 5) is 11.6. The lowest BCUT2D eigenvalue weighted by Gasteiger charge is -2.15. The molecule has 0 aliphatic rings. The van der Waals surface area contributed by atoms with Gasteiger partial charge in [-0.15, -0.1) is 12.4 Å². The molecule has 0 aliphatic carbocycles. The predicted molar refractivity (Wildman–Crippen MR) is 99.0 cm³/mol. The van der Waals surface area contributed by atoms with E-state index >= 15 is 0 Å². The van der Waals surface area contributed by atoms with Crippen molar-refractivity contribution in [1.29, 1.82) is 0 Å². The van der Waals surface area contributed by atoms with Crippen LogP contribution in [0.25, 0.3) is 0 Å². The Morgan fingerprint density at radius 2 is 1.83 bits per heavy atom. The van der Waals surface area contributed by atoms with Gasteiger partial charge >= 0.3 is 5.97 Å². The maximum atomic E-state index is 11.6. The lowest BCUT2D eigenvalue weighted by Crippen LogP contribution is -2.18. The first kappa shape index (κ1) is 19.7. The molecule has 0 saturated heterocycles. The van der Waals surface area contributed by atoms with Crippen LogP contribution in [0.2, 0.25) is 0 Å². The van der Waals surface area contributed by atoms with Crippen molar-refractivity contribution < 1.29 is 9.53 Å². The summed E-state index contributed by atoms with van der Waals surface area (Å²) in [6.45, 7) is 5.09. The molecular formula is C18H21BrClNO2. The highest BCUT2D eigenvalue weighted by molar-refractivity contribution is 9.10. The van der Waals surface area contributed by atoms with Crippen LogP contribution in [-0.2, 0) is 11.3 Å². The van der Waals surface area contributed by atoms with Crippen LogP contribution in [0.15, 0.2) is 53.0 Å². The van der Waals surface area contributed by atoms with Gasteiger partial charge in [0.15, 0.2) is 0 Å². The number of benzene rings is 2.